The zero-order valence-electron chi connectivity index (χ0n) is 9.51. The predicted molar refractivity (Wildman–Crippen MR) is 64.6 cm³/mol. The lowest BCUT2D eigenvalue weighted by Crippen LogP contribution is -2.18. The normalized spacial score (nSPS) is 12.6. The average Bonchev–Trinajstić information content (AvgIpc) is 2.15. The molecule has 0 saturated heterocycles. The van der Waals surface area contributed by atoms with Crippen LogP contribution in [-0.2, 0) is 0 Å². The first-order valence-electron chi connectivity index (χ1n) is 5.14. The SMILES string of the molecule is Cc1cc(Cl)cc(C)c1OC[C@@H](C)CN. The first-order valence-corrected chi connectivity index (χ1v) is 5.52. The van der Waals surface area contributed by atoms with Crippen molar-refractivity contribution < 1.29 is 4.74 Å². The molecule has 0 bridgehead atoms. The molecular weight excluding hydrogens is 210 g/mol. The lowest BCUT2D eigenvalue weighted by molar-refractivity contribution is 0.261. The van der Waals surface area contributed by atoms with Crippen molar-refractivity contribution in [2.24, 2.45) is 11.7 Å². The van der Waals surface area contributed by atoms with Crippen molar-refractivity contribution in [1.29, 1.82) is 0 Å². The van der Waals surface area contributed by atoms with Gasteiger partial charge in [-0.25, -0.2) is 0 Å². The molecule has 3 heteroatoms. The first kappa shape index (κ1) is 12.3. The van der Waals surface area contributed by atoms with Gasteiger partial charge in [-0.15, -0.1) is 0 Å². The summed E-state index contributed by atoms with van der Waals surface area (Å²) < 4.78 is 5.74. The third kappa shape index (κ3) is 3.40. The molecule has 0 aromatic heterocycles. The van der Waals surface area contributed by atoms with E-state index in [-0.39, 0.29) is 0 Å². The summed E-state index contributed by atoms with van der Waals surface area (Å²) in [7, 11) is 0. The fourth-order valence-electron chi connectivity index (χ4n) is 1.42. The van der Waals surface area contributed by atoms with Crippen LogP contribution in [0.5, 0.6) is 5.75 Å². The van der Waals surface area contributed by atoms with Crippen LogP contribution in [0.3, 0.4) is 0 Å². The van der Waals surface area contributed by atoms with E-state index in [0.29, 0.717) is 19.1 Å². The van der Waals surface area contributed by atoms with Crippen molar-refractivity contribution in [1.82, 2.24) is 0 Å². The topological polar surface area (TPSA) is 35.2 Å². The summed E-state index contributed by atoms with van der Waals surface area (Å²) in [4.78, 5) is 0. The van der Waals surface area contributed by atoms with E-state index in [4.69, 9.17) is 22.1 Å². The molecule has 0 aliphatic heterocycles. The third-order valence-corrected chi connectivity index (χ3v) is 2.56. The monoisotopic (exact) mass is 227 g/mol. The van der Waals surface area contributed by atoms with Gasteiger partial charge in [-0.1, -0.05) is 18.5 Å². The molecule has 0 unspecified atom stereocenters. The van der Waals surface area contributed by atoms with Crippen LogP contribution in [0.25, 0.3) is 0 Å². The summed E-state index contributed by atoms with van der Waals surface area (Å²) in [5, 5.41) is 0.754. The van der Waals surface area contributed by atoms with E-state index in [0.717, 1.165) is 21.9 Å². The summed E-state index contributed by atoms with van der Waals surface area (Å²) in [6, 6.07) is 3.83. The van der Waals surface area contributed by atoms with E-state index in [1.165, 1.54) is 0 Å². The molecule has 2 N–H and O–H groups in total. The van der Waals surface area contributed by atoms with Crippen molar-refractivity contribution in [2.45, 2.75) is 20.8 Å². The van der Waals surface area contributed by atoms with Crippen LogP contribution in [0.15, 0.2) is 12.1 Å². The Balaban J connectivity index is 2.77. The van der Waals surface area contributed by atoms with E-state index in [1.807, 2.05) is 26.0 Å². The fourth-order valence-corrected chi connectivity index (χ4v) is 1.75. The molecule has 0 spiro atoms. The molecule has 1 aromatic rings. The molecule has 1 atom stereocenters. The Labute approximate surface area is 96.4 Å². The Morgan fingerprint density at radius 1 is 1.33 bits per heavy atom. The molecule has 0 radical (unpaired) electrons. The minimum atomic E-state index is 0.375. The van der Waals surface area contributed by atoms with Gasteiger partial charge in [-0.3, -0.25) is 0 Å². The second-order valence-corrected chi connectivity index (χ2v) is 4.46. The maximum Gasteiger partial charge on any atom is 0.125 e. The van der Waals surface area contributed by atoms with Crippen molar-refractivity contribution in [3.05, 3.63) is 28.3 Å². The van der Waals surface area contributed by atoms with E-state index < -0.39 is 0 Å². The summed E-state index contributed by atoms with van der Waals surface area (Å²) in [6.07, 6.45) is 0. The lowest BCUT2D eigenvalue weighted by Gasteiger charge is -2.15. The highest BCUT2D eigenvalue weighted by Crippen LogP contribution is 2.27. The van der Waals surface area contributed by atoms with Crippen LogP contribution < -0.4 is 10.5 Å². The van der Waals surface area contributed by atoms with Gasteiger partial charge in [0.15, 0.2) is 0 Å². The highest BCUT2D eigenvalue weighted by Gasteiger charge is 2.07. The van der Waals surface area contributed by atoms with Crippen LogP contribution in [0.1, 0.15) is 18.1 Å². The molecule has 0 aliphatic carbocycles. The molecule has 1 rings (SSSR count). The maximum atomic E-state index is 5.94. The van der Waals surface area contributed by atoms with Crippen molar-refractivity contribution >= 4 is 11.6 Å². The predicted octanol–water partition coefficient (Wildman–Crippen LogP) is 2.93. The highest BCUT2D eigenvalue weighted by atomic mass is 35.5. The summed E-state index contributed by atoms with van der Waals surface area (Å²) in [5.41, 5.74) is 7.68. The van der Waals surface area contributed by atoms with Gasteiger partial charge < -0.3 is 10.5 Å². The molecule has 2 nitrogen and oxygen atoms in total. The van der Waals surface area contributed by atoms with Gasteiger partial charge in [0.2, 0.25) is 0 Å². The van der Waals surface area contributed by atoms with E-state index in [1.54, 1.807) is 0 Å². The lowest BCUT2D eigenvalue weighted by atomic mass is 10.1. The molecule has 0 heterocycles. The molecule has 0 fully saturated rings. The van der Waals surface area contributed by atoms with Crippen LogP contribution in [0.4, 0.5) is 0 Å². The van der Waals surface area contributed by atoms with Gasteiger partial charge in [-0.2, -0.15) is 0 Å². The molecule has 0 saturated carbocycles. The smallest absolute Gasteiger partial charge is 0.125 e. The summed E-state index contributed by atoms with van der Waals surface area (Å²) >= 11 is 5.94. The van der Waals surface area contributed by atoms with Crippen LogP contribution in [0.2, 0.25) is 5.02 Å². The van der Waals surface area contributed by atoms with E-state index in [9.17, 15) is 0 Å². The fraction of sp³-hybridized carbons (Fsp3) is 0.500. The minimum absolute atomic E-state index is 0.375. The number of nitrogens with two attached hydrogens (primary N) is 1. The largest absolute Gasteiger partial charge is 0.493 e. The molecule has 15 heavy (non-hydrogen) atoms. The summed E-state index contributed by atoms with van der Waals surface area (Å²) in [6.45, 7) is 7.37. The van der Waals surface area contributed by atoms with Gasteiger partial charge in [0.1, 0.15) is 5.75 Å². The zero-order valence-corrected chi connectivity index (χ0v) is 10.3. The van der Waals surface area contributed by atoms with Crippen LogP contribution in [0, 0.1) is 19.8 Å². The number of hydrogen-bond acceptors (Lipinski definition) is 2. The Bertz CT molecular complexity index is 315. The number of benzene rings is 1. The van der Waals surface area contributed by atoms with Crippen LogP contribution in [-0.4, -0.2) is 13.2 Å². The van der Waals surface area contributed by atoms with Gasteiger partial charge in [-0.05, 0) is 43.7 Å². The number of aryl methyl sites for hydroxylation is 2. The zero-order chi connectivity index (χ0) is 11.4. The third-order valence-electron chi connectivity index (χ3n) is 2.34. The van der Waals surface area contributed by atoms with Gasteiger partial charge in [0.25, 0.3) is 0 Å². The average molecular weight is 228 g/mol. The molecule has 84 valence electrons. The van der Waals surface area contributed by atoms with E-state index in [2.05, 4.69) is 6.92 Å². The molecular formula is C12H18ClNO. The Morgan fingerprint density at radius 2 is 1.87 bits per heavy atom. The van der Waals surface area contributed by atoms with Gasteiger partial charge in [0.05, 0.1) is 6.61 Å². The second kappa shape index (κ2) is 5.38. The number of halogens is 1. The minimum Gasteiger partial charge on any atom is -0.493 e. The van der Waals surface area contributed by atoms with Crippen molar-refractivity contribution in [3.63, 3.8) is 0 Å². The van der Waals surface area contributed by atoms with Crippen LogP contribution >= 0.6 is 11.6 Å². The quantitative estimate of drug-likeness (QED) is 0.859. The number of rotatable bonds is 4. The second-order valence-electron chi connectivity index (χ2n) is 4.02. The molecule has 0 aliphatic rings. The molecule has 1 aromatic carbocycles. The van der Waals surface area contributed by atoms with Crippen molar-refractivity contribution in [3.8, 4) is 5.75 Å². The van der Waals surface area contributed by atoms with Crippen molar-refractivity contribution in [2.75, 3.05) is 13.2 Å². The first-order chi connectivity index (χ1) is 7.04. The Hall–Kier alpha value is -0.730. The van der Waals surface area contributed by atoms with E-state index >= 15 is 0 Å². The van der Waals surface area contributed by atoms with Gasteiger partial charge >= 0.3 is 0 Å². The Morgan fingerprint density at radius 3 is 2.33 bits per heavy atom. The number of hydrogen-bond donors (Lipinski definition) is 1. The standard InChI is InChI=1S/C12H18ClNO/c1-8(6-14)7-15-12-9(2)4-11(13)5-10(12)3/h4-5,8H,6-7,14H2,1-3H3/t8-/m0/s1. The Kier molecular flexibility index (Phi) is 4.43. The van der Waals surface area contributed by atoms with Gasteiger partial charge in [0, 0.05) is 10.9 Å². The maximum absolute atomic E-state index is 5.94. The number of ether oxygens (including phenoxy) is 1. The molecule has 0 amide bonds. The highest BCUT2D eigenvalue weighted by molar-refractivity contribution is 6.30. The summed E-state index contributed by atoms with van der Waals surface area (Å²) in [5.74, 6) is 1.30.